The van der Waals surface area contributed by atoms with Crippen molar-refractivity contribution in [1.82, 2.24) is 0 Å². The third kappa shape index (κ3) is 3.57. The summed E-state index contributed by atoms with van der Waals surface area (Å²) < 4.78 is 0. The van der Waals surface area contributed by atoms with Gasteiger partial charge in [-0.05, 0) is 47.7 Å². The molecule has 0 unspecified atom stereocenters. The quantitative estimate of drug-likeness (QED) is 0.434. The SMILES string of the molecule is O=C1C[C@@H](c2ccccc2)CC2=C1[C@H](c1ccc([N+](=O)[O-])cc1)Nc1ccccc1N2. The minimum atomic E-state index is -0.415. The van der Waals surface area contributed by atoms with E-state index in [9.17, 15) is 14.9 Å². The van der Waals surface area contributed by atoms with E-state index in [0.717, 1.165) is 34.6 Å². The van der Waals surface area contributed by atoms with Gasteiger partial charge in [-0.15, -0.1) is 0 Å². The second kappa shape index (κ2) is 7.72. The number of hydrogen-bond acceptors (Lipinski definition) is 5. The Bertz CT molecular complexity index is 1190. The lowest BCUT2D eigenvalue weighted by Gasteiger charge is -2.30. The van der Waals surface area contributed by atoms with Gasteiger partial charge in [-0.3, -0.25) is 14.9 Å². The zero-order chi connectivity index (χ0) is 21.4. The molecule has 2 N–H and O–H groups in total. The van der Waals surface area contributed by atoms with Crippen LogP contribution in [0.25, 0.3) is 0 Å². The van der Waals surface area contributed by atoms with E-state index in [1.165, 1.54) is 12.1 Å². The number of hydrogen-bond donors (Lipinski definition) is 2. The van der Waals surface area contributed by atoms with Gasteiger partial charge in [-0.2, -0.15) is 0 Å². The molecule has 31 heavy (non-hydrogen) atoms. The number of carbonyl (C=O) groups excluding carboxylic acids is 1. The van der Waals surface area contributed by atoms with Gasteiger partial charge in [0.1, 0.15) is 0 Å². The van der Waals surface area contributed by atoms with Crippen molar-refractivity contribution in [3.63, 3.8) is 0 Å². The van der Waals surface area contributed by atoms with Crippen LogP contribution in [0.4, 0.5) is 17.1 Å². The molecule has 1 heterocycles. The minimum Gasteiger partial charge on any atom is -0.372 e. The fourth-order valence-electron chi connectivity index (χ4n) is 4.49. The summed E-state index contributed by atoms with van der Waals surface area (Å²) in [4.78, 5) is 24.1. The molecule has 5 rings (SSSR count). The van der Waals surface area contributed by atoms with Crippen LogP contribution in [0.15, 0.2) is 90.1 Å². The second-order valence-electron chi connectivity index (χ2n) is 7.93. The molecule has 0 fully saturated rings. The topological polar surface area (TPSA) is 84.3 Å². The molecule has 0 aromatic heterocycles. The van der Waals surface area contributed by atoms with Crippen LogP contribution in [-0.2, 0) is 4.79 Å². The smallest absolute Gasteiger partial charge is 0.269 e. The molecule has 3 aromatic rings. The molecule has 1 aliphatic heterocycles. The number of rotatable bonds is 3. The summed E-state index contributed by atoms with van der Waals surface area (Å²) in [7, 11) is 0. The lowest BCUT2D eigenvalue weighted by molar-refractivity contribution is -0.384. The molecular weight excluding hydrogens is 390 g/mol. The summed E-state index contributed by atoms with van der Waals surface area (Å²) in [6.45, 7) is 0. The third-order valence-corrected chi connectivity index (χ3v) is 6.02. The first-order valence-electron chi connectivity index (χ1n) is 10.3. The van der Waals surface area contributed by atoms with Gasteiger partial charge in [0.15, 0.2) is 5.78 Å². The Kier molecular flexibility index (Phi) is 4.75. The molecular formula is C25H21N3O3. The molecule has 6 heteroatoms. The Morgan fingerprint density at radius 2 is 1.48 bits per heavy atom. The van der Waals surface area contributed by atoms with Crippen molar-refractivity contribution in [3.8, 4) is 0 Å². The largest absolute Gasteiger partial charge is 0.372 e. The number of nitrogens with one attached hydrogen (secondary N) is 2. The highest BCUT2D eigenvalue weighted by Crippen LogP contribution is 2.44. The van der Waals surface area contributed by atoms with Crippen molar-refractivity contribution in [2.24, 2.45) is 0 Å². The molecule has 0 radical (unpaired) electrons. The van der Waals surface area contributed by atoms with Crippen LogP contribution in [0.2, 0.25) is 0 Å². The number of nitrogens with zero attached hydrogens (tertiary/aromatic N) is 1. The summed E-state index contributed by atoms with van der Waals surface area (Å²) in [5.74, 6) is 0.203. The summed E-state index contributed by atoms with van der Waals surface area (Å²) in [6, 6.07) is 24.0. The number of carbonyl (C=O) groups is 1. The highest BCUT2D eigenvalue weighted by Gasteiger charge is 2.36. The number of para-hydroxylation sites is 2. The van der Waals surface area contributed by atoms with Crippen molar-refractivity contribution in [1.29, 1.82) is 0 Å². The van der Waals surface area contributed by atoms with Crippen molar-refractivity contribution >= 4 is 22.8 Å². The van der Waals surface area contributed by atoms with Crippen molar-refractivity contribution in [3.05, 3.63) is 111 Å². The van der Waals surface area contributed by atoms with Gasteiger partial charge in [-0.1, -0.05) is 42.5 Å². The lowest BCUT2D eigenvalue weighted by atomic mass is 9.78. The molecule has 0 spiro atoms. The van der Waals surface area contributed by atoms with E-state index in [4.69, 9.17) is 0 Å². The molecule has 0 saturated carbocycles. The van der Waals surface area contributed by atoms with Crippen LogP contribution in [0.1, 0.15) is 35.9 Å². The Morgan fingerprint density at radius 1 is 0.806 bits per heavy atom. The van der Waals surface area contributed by atoms with E-state index in [0.29, 0.717) is 12.0 Å². The van der Waals surface area contributed by atoms with Crippen molar-refractivity contribution in [2.75, 3.05) is 10.6 Å². The molecule has 3 aromatic carbocycles. The molecule has 1 aliphatic carbocycles. The number of non-ortho nitro benzene ring substituents is 1. The average Bonchev–Trinajstić information content (AvgIpc) is 2.96. The first kappa shape index (κ1) is 19.1. The van der Waals surface area contributed by atoms with E-state index < -0.39 is 4.92 Å². The number of allylic oxidation sites excluding steroid dienone is 1. The van der Waals surface area contributed by atoms with E-state index in [1.807, 2.05) is 42.5 Å². The summed E-state index contributed by atoms with van der Waals surface area (Å²) in [6.07, 6.45) is 1.16. The Labute approximate surface area is 179 Å². The molecule has 0 saturated heterocycles. The first-order chi connectivity index (χ1) is 15.1. The predicted molar refractivity (Wildman–Crippen MR) is 120 cm³/mol. The van der Waals surface area contributed by atoms with Crippen LogP contribution in [-0.4, -0.2) is 10.7 Å². The molecule has 0 bridgehead atoms. The van der Waals surface area contributed by atoms with Crippen LogP contribution < -0.4 is 10.6 Å². The number of fused-ring (bicyclic) bond motifs is 1. The first-order valence-corrected chi connectivity index (χ1v) is 10.3. The van der Waals surface area contributed by atoms with Gasteiger partial charge in [0, 0.05) is 29.8 Å². The van der Waals surface area contributed by atoms with Crippen molar-refractivity contribution in [2.45, 2.75) is 24.8 Å². The van der Waals surface area contributed by atoms with Crippen LogP contribution in [0, 0.1) is 10.1 Å². The van der Waals surface area contributed by atoms with Crippen molar-refractivity contribution < 1.29 is 9.72 Å². The van der Waals surface area contributed by atoms with E-state index in [1.54, 1.807) is 12.1 Å². The van der Waals surface area contributed by atoms with Crippen LogP contribution in [0.5, 0.6) is 0 Å². The van der Waals surface area contributed by atoms with Crippen LogP contribution >= 0.6 is 0 Å². The van der Waals surface area contributed by atoms with Gasteiger partial charge < -0.3 is 10.6 Å². The maximum absolute atomic E-state index is 13.4. The third-order valence-electron chi connectivity index (χ3n) is 6.02. The Morgan fingerprint density at radius 3 is 2.19 bits per heavy atom. The number of nitro groups is 1. The number of Topliss-reactive ketones (excluding diaryl/α,β-unsaturated/α-hetero) is 1. The summed E-state index contributed by atoms with van der Waals surface area (Å²) in [5.41, 5.74) is 5.43. The second-order valence-corrected chi connectivity index (χ2v) is 7.93. The van der Waals surface area contributed by atoms with E-state index in [-0.39, 0.29) is 23.4 Å². The molecule has 2 aliphatic rings. The fraction of sp³-hybridized carbons (Fsp3) is 0.160. The summed E-state index contributed by atoms with van der Waals surface area (Å²) >= 11 is 0. The fourth-order valence-corrected chi connectivity index (χ4v) is 4.49. The van der Waals surface area contributed by atoms with E-state index >= 15 is 0 Å². The van der Waals surface area contributed by atoms with Gasteiger partial charge in [0.05, 0.1) is 22.3 Å². The monoisotopic (exact) mass is 411 g/mol. The summed E-state index contributed by atoms with van der Waals surface area (Å²) in [5, 5.41) is 18.1. The van der Waals surface area contributed by atoms with Gasteiger partial charge in [-0.25, -0.2) is 0 Å². The average molecular weight is 411 g/mol. The van der Waals surface area contributed by atoms with Gasteiger partial charge in [0.25, 0.3) is 5.69 Å². The zero-order valence-corrected chi connectivity index (χ0v) is 16.7. The maximum Gasteiger partial charge on any atom is 0.269 e. The number of benzene rings is 3. The highest BCUT2D eigenvalue weighted by molar-refractivity contribution is 6.01. The zero-order valence-electron chi connectivity index (χ0n) is 16.7. The Balaban J connectivity index is 1.60. The van der Waals surface area contributed by atoms with E-state index in [2.05, 4.69) is 22.8 Å². The van der Waals surface area contributed by atoms with Gasteiger partial charge in [0.2, 0.25) is 0 Å². The molecule has 154 valence electrons. The lowest BCUT2D eigenvalue weighted by Crippen LogP contribution is -2.26. The van der Waals surface area contributed by atoms with Gasteiger partial charge >= 0.3 is 0 Å². The maximum atomic E-state index is 13.4. The minimum absolute atomic E-state index is 0.0317. The molecule has 0 amide bonds. The Hall–Kier alpha value is -3.93. The number of nitro benzene ring substituents is 1. The van der Waals surface area contributed by atoms with Crippen LogP contribution in [0.3, 0.4) is 0 Å². The predicted octanol–water partition coefficient (Wildman–Crippen LogP) is 5.57. The highest BCUT2D eigenvalue weighted by atomic mass is 16.6. The standard InChI is InChI=1S/C25H21N3O3/c29-23-15-18(16-6-2-1-3-7-16)14-22-24(23)25(17-10-12-19(13-11-17)28(30)31)27-21-9-5-4-8-20(21)26-22/h1-13,18,25-27H,14-15H2/t18-,25-/m0/s1. The molecule has 2 atom stereocenters. The normalized spacial score (nSPS) is 20.1. The number of ketones is 1. The molecule has 6 nitrogen and oxygen atoms in total. The number of anilines is 2.